The summed E-state index contributed by atoms with van der Waals surface area (Å²) >= 11 is 0. The molecule has 8 aromatic rings. The van der Waals surface area contributed by atoms with Crippen molar-refractivity contribution in [1.82, 2.24) is 19.9 Å². The van der Waals surface area contributed by atoms with Crippen molar-refractivity contribution in [2.24, 2.45) is 40.8 Å². The van der Waals surface area contributed by atoms with Crippen molar-refractivity contribution in [2.45, 2.75) is 26.4 Å². The number of nitrogens with zero attached hydrogens (tertiary/aromatic N) is 12. The number of rotatable bonds is 16. The van der Waals surface area contributed by atoms with Gasteiger partial charge < -0.3 is 102 Å². The van der Waals surface area contributed by atoms with Crippen molar-refractivity contribution in [3.63, 3.8) is 0 Å². The van der Waals surface area contributed by atoms with Crippen LogP contribution in [-0.4, -0.2) is 166 Å². The van der Waals surface area contributed by atoms with Crippen LogP contribution in [0.15, 0.2) is 211 Å². The number of aromatic nitrogens is 4. The molecule has 0 aliphatic heterocycles. The quantitative estimate of drug-likeness (QED) is 0.0253. The number of aliphatic hydroxyl groups is 8. The van der Waals surface area contributed by atoms with Gasteiger partial charge in [0.15, 0.2) is 0 Å². The fourth-order valence-corrected chi connectivity index (χ4v) is 5.87. The van der Waals surface area contributed by atoms with Crippen molar-refractivity contribution in [1.29, 1.82) is 0 Å². The normalized spacial score (nSPS) is 10.0. The number of pyridine rings is 4. The molecule has 0 atom stereocenters. The Kier molecular flexibility index (Phi) is 83.0. The summed E-state index contributed by atoms with van der Waals surface area (Å²) in [4.78, 5) is 15.6. The summed E-state index contributed by atoms with van der Waals surface area (Å²) in [7, 11) is 7.00. The zero-order valence-corrected chi connectivity index (χ0v) is 63.0. The van der Waals surface area contributed by atoms with E-state index < -0.39 is 23.6 Å². The van der Waals surface area contributed by atoms with Crippen molar-refractivity contribution >= 4 is 48.4 Å². The van der Waals surface area contributed by atoms with Crippen molar-refractivity contribution in [3.05, 3.63) is 238 Å². The van der Waals surface area contributed by atoms with Gasteiger partial charge in [-0.3, -0.25) is 0 Å². The SMILES string of the molecule is CO.CO.CO.CO.C[O-].C[O-].C[O-].C[O-].[O-]/C(=N\N=C\c1ccccc1[O-])c1cccc(CO)n1.[O-]/C(=N\N=C\c1ccccc1[O-])c1cccc(CO)n1.[O-]/C(=N\N=C\c1ccccc1[O-])c1cccc(CO)n1.[O-]/C(=N\N=C\c1ccccc1[O-])c1cccc(CO)n1.[Tb+3].[Tb+3].[Tb+3].[Tb+3]. The first-order valence-electron chi connectivity index (χ1n) is 26.7. The van der Waals surface area contributed by atoms with Crippen LogP contribution in [0, 0.1) is 154 Å². The second-order valence-corrected chi connectivity index (χ2v) is 15.4. The summed E-state index contributed by atoms with van der Waals surface area (Å²) in [6.45, 7) is -1.02. The first kappa shape index (κ1) is 110. The largest absolute Gasteiger partial charge is 3.00 e. The Balaban J connectivity index is -0.000000174. The Labute approximate surface area is 701 Å². The Bertz CT molecular complexity index is 3120. The molecule has 0 aliphatic carbocycles. The molecule has 0 saturated heterocycles. The molecular weight excluding hydrogens is 1890 g/mol. The van der Waals surface area contributed by atoms with Crippen LogP contribution in [0.4, 0.5) is 0 Å². The molecule has 4 aromatic carbocycles. The van der Waals surface area contributed by atoms with Crippen LogP contribution in [0.1, 0.15) is 67.8 Å². The van der Waals surface area contributed by atoms with Crippen LogP contribution in [0.3, 0.4) is 0 Å². The average molecular weight is 1970 g/mol. The Morgan fingerprint density at radius 2 is 0.440 bits per heavy atom. The van der Waals surface area contributed by atoms with Gasteiger partial charge in [0.25, 0.3) is 0 Å². The first-order valence-corrected chi connectivity index (χ1v) is 26.7. The summed E-state index contributed by atoms with van der Waals surface area (Å²) in [5, 5.41) is 217. The summed E-state index contributed by atoms with van der Waals surface area (Å²) in [5.41, 5.74) is 3.24. The van der Waals surface area contributed by atoms with E-state index >= 15 is 0 Å². The third-order valence-corrected chi connectivity index (χ3v) is 9.81. The van der Waals surface area contributed by atoms with E-state index in [0.29, 0.717) is 45.0 Å². The van der Waals surface area contributed by atoms with Gasteiger partial charge in [-0.2, -0.15) is 69.3 Å². The molecule has 0 fully saturated rings. The Morgan fingerprint density at radius 1 is 0.280 bits per heavy atom. The van der Waals surface area contributed by atoms with Gasteiger partial charge in [-0.1, -0.05) is 144 Å². The van der Waals surface area contributed by atoms with Crippen LogP contribution in [-0.2, 0) is 26.4 Å². The molecule has 0 saturated carbocycles. The second-order valence-electron chi connectivity index (χ2n) is 15.4. The second kappa shape index (κ2) is 75.6. The fraction of sp³-hybridized carbons (Fsp3) is 0.188. The molecule has 36 heteroatoms. The molecule has 0 aliphatic rings. The smallest absolute Gasteiger partial charge is 0.872 e. The molecular formula is C64H72N12O20Tb4. The van der Waals surface area contributed by atoms with E-state index in [1.807, 2.05) is 0 Å². The van der Waals surface area contributed by atoms with E-state index in [4.69, 9.17) is 61.3 Å². The molecule has 544 valence electrons. The predicted octanol–water partition coefficient (Wildman–Crippen LogP) is -6.51. The van der Waals surface area contributed by atoms with Crippen LogP contribution in [0.25, 0.3) is 0 Å². The Morgan fingerprint density at radius 3 is 0.590 bits per heavy atom. The average Bonchev–Trinajstić information content (AvgIpc) is 0.940. The van der Waals surface area contributed by atoms with Crippen molar-refractivity contribution in [2.75, 3.05) is 56.9 Å². The molecule has 100 heavy (non-hydrogen) atoms. The van der Waals surface area contributed by atoms with Gasteiger partial charge in [-0.15, -0.1) is 0 Å². The molecule has 0 amide bonds. The molecule has 4 heterocycles. The number of hydrogen-bond donors (Lipinski definition) is 8. The van der Waals surface area contributed by atoms with Gasteiger partial charge in [0.05, 0.1) is 96.8 Å². The maximum absolute atomic E-state index is 11.7. The van der Waals surface area contributed by atoms with E-state index in [9.17, 15) is 40.9 Å². The molecule has 32 nitrogen and oxygen atoms in total. The van der Waals surface area contributed by atoms with Crippen LogP contribution < -0.4 is 61.3 Å². The number of benzene rings is 4. The molecule has 0 spiro atoms. The van der Waals surface area contributed by atoms with Gasteiger partial charge in [-0.25, -0.2) is 19.9 Å². The fourth-order valence-electron chi connectivity index (χ4n) is 5.87. The molecule has 8 N–H and O–H groups in total. The zero-order valence-electron chi connectivity index (χ0n) is 54.5. The third-order valence-electron chi connectivity index (χ3n) is 9.81. The maximum Gasteiger partial charge on any atom is 3.00 e. The molecule has 8 rings (SSSR count). The summed E-state index contributed by atoms with van der Waals surface area (Å²) < 4.78 is 0. The van der Waals surface area contributed by atoms with E-state index in [1.165, 1.54) is 73.4 Å². The number of para-hydroxylation sites is 4. The molecule has 0 radical (unpaired) electrons. The zero-order chi connectivity index (χ0) is 73.5. The predicted molar refractivity (Wildman–Crippen MR) is 337 cm³/mol. The third kappa shape index (κ3) is 47.9. The van der Waals surface area contributed by atoms with E-state index in [-0.39, 0.29) is 227 Å². The summed E-state index contributed by atoms with van der Waals surface area (Å²) in [6, 6.07) is 43.8. The molecule has 0 unspecified atom stereocenters. The van der Waals surface area contributed by atoms with Gasteiger partial charge >= 0.3 is 154 Å². The maximum atomic E-state index is 11.7. The minimum absolute atomic E-state index is 0. The molecule has 4 aromatic heterocycles. The van der Waals surface area contributed by atoms with E-state index in [2.05, 4.69) is 60.7 Å². The van der Waals surface area contributed by atoms with Gasteiger partial charge in [-0.05, 0) is 70.8 Å². The van der Waals surface area contributed by atoms with Gasteiger partial charge in [0.1, 0.15) is 0 Å². The summed E-state index contributed by atoms with van der Waals surface area (Å²) in [5.74, 6) is -3.34. The van der Waals surface area contributed by atoms with Crippen LogP contribution in [0.5, 0.6) is 23.0 Å². The first-order chi connectivity index (χ1) is 46.8. The van der Waals surface area contributed by atoms with Gasteiger partial charge in [0, 0.05) is 52.0 Å². The standard InChI is InChI=1S/4C14H13N3O3.4CH4O.4CH3O.4Tb/c4*18-9-11-5-3-6-12(16-11)14(20)17-15-8-10-4-1-2-7-13(10)19;8*1-2;;;;/h4*1-8,18-19H,9H2,(H,17,20);4*2H,1H3;4*1H3;;;;/q;;;;;;;;4*-1;4*+3/p-8/b4*15-8+;;;;;;;;;;;;. The Hall–Kier alpha value is -6.10. The topological polar surface area (TPSA) is 589 Å². The van der Waals surface area contributed by atoms with Crippen molar-refractivity contribution in [3.8, 4) is 23.0 Å². The monoisotopic (exact) mass is 1960 g/mol. The minimum atomic E-state index is -0.639. The summed E-state index contributed by atoms with van der Waals surface area (Å²) in [6.07, 6.45) is 4.87. The van der Waals surface area contributed by atoms with E-state index in [1.54, 1.807) is 121 Å². The van der Waals surface area contributed by atoms with Crippen molar-refractivity contribution < 1.29 is 257 Å². The minimum Gasteiger partial charge on any atom is -0.872 e. The molecule has 0 bridgehead atoms. The van der Waals surface area contributed by atoms with Crippen LogP contribution in [0.2, 0.25) is 0 Å². The van der Waals surface area contributed by atoms with Gasteiger partial charge in [0.2, 0.25) is 0 Å². The van der Waals surface area contributed by atoms with E-state index in [0.717, 1.165) is 56.9 Å². The number of hydrogen-bond acceptors (Lipinski definition) is 32. The number of aliphatic hydroxyl groups excluding tert-OH is 8. The van der Waals surface area contributed by atoms with Crippen LogP contribution >= 0.6 is 0 Å².